The quantitative estimate of drug-likeness (QED) is 0.127. The normalized spacial score (nSPS) is 16.3. The molecule has 0 spiro atoms. The molecule has 0 aromatic heterocycles. The van der Waals surface area contributed by atoms with Gasteiger partial charge in [0, 0.05) is 0 Å². The summed E-state index contributed by atoms with van der Waals surface area (Å²) in [6, 6.07) is 78.3. The van der Waals surface area contributed by atoms with Crippen molar-refractivity contribution in [1.82, 2.24) is 0 Å². The summed E-state index contributed by atoms with van der Waals surface area (Å²) in [5.74, 6) is 3.16. The second-order valence-electron chi connectivity index (χ2n) is 15.6. The summed E-state index contributed by atoms with van der Waals surface area (Å²) in [6.07, 6.45) is 0. The molecule has 9 aromatic carbocycles. The minimum absolute atomic E-state index is 0.791. The van der Waals surface area contributed by atoms with Gasteiger partial charge in [0.15, 0.2) is 0 Å². The van der Waals surface area contributed by atoms with Crippen molar-refractivity contribution in [1.29, 1.82) is 0 Å². The predicted octanol–water partition coefficient (Wildman–Crippen LogP) is 10.2. The molecule has 0 saturated carbocycles. The molecular weight excluding hydrogens is 828 g/mol. The Bertz CT molecular complexity index is 3080. The van der Waals surface area contributed by atoms with Gasteiger partial charge in [-0.2, -0.15) is 0 Å². The Hall–Kier alpha value is -7.05. The topological polar surface area (TPSA) is 42.0 Å². The zero-order valence-electron chi connectivity index (χ0n) is 32.9. The SMILES string of the molecule is O=P1(c2ccc(N3c4ccccc4Oc4ccccc43)cc2)c2cccc[c]2[Ge]([c]2ccccc2)([c]2ccccc2)[c]2cc(N3c4ccccc4Oc4ccccc43)ccc21. The van der Waals surface area contributed by atoms with Crippen LogP contribution in [0.1, 0.15) is 0 Å². The van der Waals surface area contributed by atoms with E-state index in [4.69, 9.17) is 9.47 Å². The molecule has 1 atom stereocenters. The molecule has 3 aliphatic rings. The molecule has 61 heavy (non-hydrogen) atoms. The van der Waals surface area contributed by atoms with Crippen LogP contribution in [0.5, 0.6) is 23.0 Å². The van der Waals surface area contributed by atoms with Gasteiger partial charge in [0.25, 0.3) is 0 Å². The van der Waals surface area contributed by atoms with E-state index >= 15 is 4.57 Å². The molecule has 1 unspecified atom stereocenters. The monoisotopic (exact) mass is 866 g/mol. The summed E-state index contributed by atoms with van der Waals surface area (Å²) in [4.78, 5) is 4.53. The van der Waals surface area contributed by atoms with E-state index in [0.29, 0.717) is 0 Å². The number of hydrogen-bond acceptors (Lipinski definition) is 5. The van der Waals surface area contributed by atoms with E-state index in [9.17, 15) is 0 Å². The zero-order chi connectivity index (χ0) is 40.5. The van der Waals surface area contributed by atoms with Crippen LogP contribution in [0.15, 0.2) is 224 Å². The number of fused-ring (bicyclic) bond motifs is 6. The van der Waals surface area contributed by atoms with Crippen molar-refractivity contribution < 1.29 is 14.0 Å². The number of para-hydroxylation sites is 8. The van der Waals surface area contributed by atoms with E-state index < -0.39 is 20.4 Å². The maximum absolute atomic E-state index is 17.0. The average molecular weight is 865 g/mol. The van der Waals surface area contributed by atoms with Crippen molar-refractivity contribution in [3.8, 4) is 23.0 Å². The summed E-state index contributed by atoms with van der Waals surface area (Å²) in [5.41, 5.74) is 5.78. The Morgan fingerprint density at radius 1 is 0.361 bits per heavy atom. The first kappa shape index (κ1) is 35.9. The molecule has 0 bridgehead atoms. The van der Waals surface area contributed by atoms with E-state index in [1.54, 1.807) is 0 Å². The van der Waals surface area contributed by atoms with Crippen LogP contribution in [0, 0.1) is 0 Å². The number of anilines is 6. The molecule has 290 valence electrons. The summed E-state index contributed by atoms with van der Waals surface area (Å²) < 4.78 is 34.7. The standard InChI is InChI=1S/C54H37GeN2O3P/c58-61(42-34-31-40(32-35-42)56-45-22-8-12-26-49(45)59-50-27-13-9-23-46(50)56)53-30-16-7-21-43(53)55(38-17-3-1-4-18-38,39-19-5-2-6-20-39)44-37-41(33-36-54(44)61)57-47-24-10-14-28-51(47)60-52-29-15-11-25-48(52)57/h1-37H. The third kappa shape index (κ3) is 5.31. The van der Waals surface area contributed by atoms with Crippen LogP contribution in [0.2, 0.25) is 0 Å². The van der Waals surface area contributed by atoms with Crippen molar-refractivity contribution in [2.75, 3.05) is 9.80 Å². The van der Waals surface area contributed by atoms with E-state index in [0.717, 1.165) is 73.0 Å². The molecule has 3 heterocycles. The maximum atomic E-state index is 17.0. The molecule has 0 saturated heterocycles. The second kappa shape index (κ2) is 14.0. The van der Waals surface area contributed by atoms with Gasteiger partial charge in [-0.15, -0.1) is 0 Å². The average Bonchev–Trinajstić information content (AvgIpc) is 3.33. The molecule has 0 N–H and O–H groups in total. The summed E-state index contributed by atoms with van der Waals surface area (Å²) in [5, 5.41) is 2.61. The molecule has 0 amide bonds. The Labute approximate surface area is 357 Å². The Balaban J connectivity index is 1.12. The Morgan fingerprint density at radius 3 is 1.26 bits per heavy atom. The summed E-state index contributed by atoms with van der Waals surface area (Å²) in [7, 11) is -3.49. The van der Waals surface area contributed by atoms with E-state index in [2.05, 4.69) is 174 Å². The molecule has 0 aliphatic carbocycles. The fourth-order valence-corrected chi connectivity index (χ4v) is 26.6. The van der Waals surface area contributed by atoms with Gasteiger partial charge >= 0.3 is 359 Å². The van der Waals surface area contributed by atoms with Crippen molar-refractivity contribution >= 4 is 88.0 Å². The fraction of sp³-hybridized carbons (Fsp3) is 0. The van der Waals surface area contributed by atoms with Crippen LogP contribution in [-0.4, -0.2) is 13.3 Å². The van der Waals surface area contributed by atoms with Crippen molar-refractivity contribution in [3.63, 3.8) is 0 Å². The van der Waals surface area contributed by atoms with Gasteiger partial charge < -0.3 is 0 Å². The summed E-state index contributed by atoms with van der Waals surface area (Å²) >= 11 is -3.96. The third-order valence-corrected chi connectivity index (χ3v) is 26.6. The fourth-order valence-electron chi connectivity index (χ4n) is 9.80. The van der Waals surface area contributed by atoms with Crippen LogP contribution in [0.3, 0.4) is 0 Å². The minimum atomic E-state index is -3.96. The Kier molecular flexibility index (Phi) is 8.24. The second-order valence-corrected chi connectivity index (χ2v) is 26.1. The number of benzene rings is 9. The molecule has 12 rings (SSSR count). The molecule has 0 radical (unpaired) electrons. The van der Waals surface area contributed by atoms with Gasteiger partial charge in [0.05, 0.1) is 0 Å². The van der Waals surface area contributed by atoms with Gasteiger partial charge in [-0.1, -0.05) is 0 Å². The molecule has 9 aromatic rings. The number of hydrogen-bond donors (Lipinski definition) is 0. The van der Waals surface area contributed by atoms with E-state index in [1.807, 2.05) is 60.7 Å². The molecule has 0 fully saturated rings. The number of ether oxygens (including phenoxy) is 2. The van der Waals surface area contributed by atoms with Crippen LogP contribution in [0.25, 0.3) is 0 Å². The molecular formula is C54H37GeN2O3P. The van der Waals surface area contributed by atoms with Crippen LogP contribution < -0.4 is 52.8 Å². The van der Waals surface area contributed by atoms with Gasteiger partial charge in [0.1, 0.15) is 0 Å². The van der Waals surface area contributed by atoms with Crippen LogP contribution in [0.4, 0.5) is 34.1 Å². The van der Waals surface area contributed by atoms with E-state index in [1.165, 1.54) is 17.6 Å². The van der Waals surface area contributed by atoms with Crippen molar-refractivity contribution in [3.05, 3.63) is 224 Å². The van der Waals surface area contributed by atoms with Gasteiger partial charge in [-0.25, -0.2) is 0 Å². The first-order valence-corrected chi connectivity index (χ1v) is 26.4. The van der Waals surface area contributed by atoms with E-state index in [-0.39, 0.29) is 0 Å². The third-order valence-electron chi connectivity index (χ3n) is 12.4. The van der Waals surface area contributed by atoms with Crippen molar-refractivity contribution in [2.24, 2.45) is 0 Å². The van der Waals surface area contributed by atoms with Crippen LogP contribution >= 0.6 is 7.14 Å². The first-order chi connectivity index (χ1) is 30.1. The molecule has 5 nitrogen and oxygen atoms in total. The zero-order valence-corrected chi connectivity index (χ0v) is 35.9. The van der Waals surface area contributed by atoms with Gasteiger partial charge in [-0.3, -0.25) is 0 Å². The van der Waals surface area contributed by atoms with Gasteiger partial charge in [-0.05, 0) is 0 Å². The predicted molar refractivity (Wildman–Crippen MR) is 253 cm³/mol. The number of nitrogens with zero attached hydrogens (tertiary/aromatic N) is 2. The van der Waals surface area contributed by atoms with Crippen molar-refractivity contribution in [2.45, 2.75) is 0 Å². The van der Waals surface area contributed by atoms with Crippen LogP contribution in [-0.2, 0) is 4.57 Å². The summed E-state index contributed by atoms with van der Waals surface area (Å²) in [6.45, 7) is 0. The van der Waals surface area contributed by atoms with Gasteiger partial charge in [0.2, 0.25) is 0 Å². The first-order valence-electron chi connectivity index (χ1n) is 20.5. The Morgan fingerprint density at radius 2 is 0.754 bits per heavy atom. The molecule has 7 heteroatoms. The number of rotatable bonds is 5. The molecule has 3 aliphatic heterocycles.